The number of amides is 2. The molecule has 5 rings (SSSR count). The predicted molar refractivity (Wildman–Crippen MR) is 219 cm³/mol. The molecule has 2 aliphatic rings. The number of hydrogen-bond donors (Lipinski definition) is 1. The van der Waals surface area contributed by atoms with E-state index < -0.39 is 19.8 Å². The number of benzene rings is 3. The second kappa shape index (κ2) is 19.8. The van der Waals surface area contributed by atoms with E-state index in [1.807, 2.05) is 69.3 Å². The van der Waals surface area contributed by atoms with E-state index in [2.05, 4.69) is 43.2 Å². The third-order valence-electron chi connectivity index (χ3n) is 9.92. The number of fused-ring (bicyclic) bond motifs is 1. The van der Waals surface area contributed by atoms with Gasteiger partial charge in [0, 0.05) is 56.8 Å². The molecule has 1 saturated heterocycles. The van der Waals surface area contributed by atoms with E-state index in [-0.39, 0.29) is 24.0 Å². The lowest BCUT2D eigenvalue weighted by Gasteiger charge is -2.41. The zero-order valence-electron chi connectivity index (χ0n) is 34.0. The fourth-order valence-corrected chi connectivity index (χ4v) is 7.72. The average molecular weight is 775 g/mol. The molecule has 3 unspecified atom stereocenters. The molecule has 2 aliphatic heterocycles. The minimum absolute atomic E-state index is 0.00231. The van der Waals surface area contributed by atoms with E-state index in [0.717, 1.165) is 64.7 Å². The lowest BCUT2D eigenvalue weighted by molar-refractivity contribution is -0.116. The summed E-state index contributed by atoms with van der Waals surface area (Å²) in [6.07, 6.45) is 2.37. The Morgan fingerprint density at radius 3 is 2.47 bits per heavy atom. The van der Waals surface area contributed by atoms with Crippen molar-refractivity contribution in [3.8, 4) is 11.5 Å². The van der Waals surface area contributed by atoms with Crippen LogP contribution >= 0.6 is 0 Å². The molecule has 1 N–H and O–H groups in total. The fourth-order valence-electron chi connectivity index (χ4n) is 6.97. The van der Waals surface area contributed by atoms with Crippen LogP contribution in [0.1, 0.15) is 80.7 Å². The Bertz CT molecular complexity index is 1690. The zero-order chi connectivity index (χ0) is 39.4. The van der Waals surface area contributed by atoms with Crippen LogP contribution in [-0.2, 0) is 36.8 Å². The summed E-state index contributed by atoms with van der Waals surface area (Å²) in [6.45, 7) is 16.1. The van der Waals surface area contributed by atoms with Crippen molar-refractivity contribution in [3.63, 3.8) is 0 Å². The molecule has 2 amide bonds. The predicted octanol–water partition coefficient (Wildman–Crippen LogP) is 9.16. The van der Waals surface area contributed by atoms with Crippen molar-refractivity contribution in [1.29, 1.82) is 0 Å². The van der Waals surface area contributed by atoms with Gasteiger partial charge in [-0.2, -0.15) is 0 Å². The summed E-state index contributed by atoms with van der Waals surface area (Å²) >= 11 is 0. The highest BCUT2D eigenvalue weighted by molar-refractivity contribution is 6.76. The second-order valence-corrected chi connectivity index (χ2v) is 22.4. The number of rotatable bonds is 17. The van der Waals surface area contributed by atoms with Crippen molar-refractivity contribution in [2.45, 2.75) is 109 Å². The molecule has 55 heavy (non-hydrogen) atoms. The van der Waals surface area contributed by atoms with E-state index >= 15 is 0 Å². The lowest BCUT2D eigenvalue weighted by atomic mass is 9.86. The minimum Gasteiger partial charge on any atom is -0.496 e. The number of hydrogen-bond acceptors (Lipinski definition) is 8. The molecule has 10 nitrogen and oxygen atoms in total. The number of ether oxygens (including phenoxy) is 6. The van der Waals surface area contributed by atoms with Crippen molar-refractivity contribution in [1.82, 2.24) is 4.90 Å². The number of carbonyl (C=O) groups is 2. The van der Waals surface area contributed by atoms with Crippen LogP contribution in [-0.4, -0.2) is 83.3 Å². The smallest absolute Gasteiger partial charge is 0.410 e. The molecule has 0 aromatic heterocycles. The molecule has 300 valence electrons. The highest BCUT2D eigenvalue weighted by atomic mass is 28.3. The molecular formula is C44H62N2O8Si. The molecule has 1 fully saturated rings. The summed E-state index contributed by atoms with van der Waals surface area (Å²) in [5.74, 6) is 1.62. The monoisotopic (exact) mass is 774 g/mol. The van der Waals surface area contributed by atoms with Crippen LogP contribution in [0.5, 0.6) is 11.5 Å². The van der Waals surface area contributed by atoms with Crippen molar-refractivity contribution in [3.05, 3.63) is 89.0 Å². The van der Waals surface area contributed by atoms with Crippen molar-refractivity contribution in [2.75, 3.05) is 51.9 Å². The van der Waals surface area contributed by atoms with Gasteiger partial charge < -0.3 is 38.6 Å². The second-order valence-electron chi connectivity index (χ2n) is 16.8. The Hall–Kier alpha value is -3.90. The molecule has 0 aliphatic carbocycles. The molecule has 11 heteroatoms. The van der Waals surface area contributed by atoms with Crippen LogP contribution < -0.4 is 14.8 Å². The van der Waals surface area contributed by atoms with Gasteiger partial charge in [0.2, 0.25) is 5.91 Å². The first-order valence-corrected chi connectivity index (χ1v) is 23.6. The summed E-state index contributed by atoms with van der Waals surface area (Å²) in [4.78, 5) is 28.0. The maximum atomic E-state index is 13.4. The summed E-state index contributed by atoms with van der Waals surface area (Å²) in [7, 11) is 0.343. The Kier molecular flexibility index (Phi) is 15.2. The number of methoxy groups -OCH3 is 1. The third kappa shape index (κ3) is 13.1. The Labute approximate surface area is 329 Å². The van der Waals surface area contributed by atoms with E-state index in [9.17, 15) is 9.59 Å². The summed E-state index contributed by atoms with van der Waals surface area (Å²) < 4.78 is 36.7. The van der Waals surface area contributed by atoms with Gasteiger partial charge in [0.05, 0.1) is 46.2 Å². The SMILES string of the molecule is COc1ccccc1COCCCOc1ccc(C2CCN(C(=O)OC(C)(C)C)CC2OC(COCC[Si](C)(C)C)c2cccc3c2NC(=O)CCC3)cc1. The van der Waals surface area contributed by atoms with Gasteiger partial charge in [-0.1, -0.05) is 68.2 Å². The quantitative estimate of drug-likeness (QED) is 0.107. The number of likely N-dealkylation sites (tertiary alicyclic amines) is 1. The number of carbonyl (C=O) groups excluding carboxylic acids is 2. The van der Waals surface area contributed by atoms with Gasteiger partial charge in [-0.25, -0.2) is 4.79 Å². The Balaban J connectivity index is 1.31. The normalized spacial score (nSPS) is 18.2. The highest BCUT2D eigenvalue weighted by Gasteiger charge is 2.37. The Morgan fingerprint density at radius 2 is 1.73 bits per heavy atom. The van der Waals surface area contributed by atoms with Gasteiger partial charge >= 0.3 is 6.09 Å². The number of para-hydroxylation sites is 2. The molecule has 0 saturated carbocycles. The summed E-state index contributed by atoms with van der Waals surface area (Å²) in [5, 5.41) is 3.19. The third-order valence-corrected chi connectivity index (χ3v) is 11.6. The van der Waals surface area contributed by atoms with Crippen LogP contribution in [0.15, 0.2) is 66.7 Å². The van der Waals surface area contributed by atoms with Crippen LogP contribution in [0.25, 0.3) is 0 Å². The lowest BCUT2D eigenvalue weighted by Crippen LogP contribution is -2.49. The van der Waals surface area contributed by atoms with Crippen molar-refractivity contribution < 1.29 is 38.0 Å². The molecule has 2 heterocycles. The molecule has 0 bridgehead atoms. The van der Waals surface area contributed by atoms with Crippen molar-refractivity contribution in [2.24, 2.45) is 0 Å². The molecule has 3 aromatic rings. The van der Waals surface area contributed by atoms with Gasteiger partial charge in [-0.3, -0.25) is 4.79 Å². The molecule has 3 atom stereocenters. The maximum absolute atomic E-state index is 13.4. The average Bonchev–Trinajstić information content (AvgIpc) is 3.34. The zero-order valence-corrected chi connectivity index (χ0v) is 35.0. The van der Waals surface area contributed by atoms with Crippen LogP contribution in [0.2, 0.25) is 25.7 Å². The summed E-state index contributed by atoms with van der Waals surface area (Å²) in [5.41, 5.74) is 4.35. The van der Waals surface area contributed by atoms with Crippen LogP contribution in [0.3, 0.4) is 0 Å². The Morgan fingerprint density at radius 1 is 0.945 bits per heavy atom. The standard InChI is InChI=1S/C44H62N2O8Si/c1-44(2,3)54-43(48)46-24-23-36(32-19-21-35(22-20-32)52-26-12-25-50-30-34-13-8-9-17-38(34)49-4)39(29-46)53-40(31-51-27-28-55(5,6)7)37-16-10-14-33-15-11-18-41(47)45-42(33)37/h8-10,13-14,16-17,19-22,36,39-40H,11-12,15,18,23-31H2,1-7H3,(H,45,47). The molecule has 0 radical (unpaired) electrons. The topological polar surface area (TPSA) is 105 Å². The first-order chi connectivity index (χ1) is 26.3. The van der Waals surface area contributed by atoms with E-state index in [1.165, 1.54) is 0 Å². The van der Waals surface area contributed by atoms with Gasteiger partial charge in [-0.15, -0.1) is 0 Å². The summed E-state index contributed by atoms with van der Waals surface area (Å²) in [6, 6.07) is 23.3. The number of aryl methyl sites for hydroxylation is 1. The van der Waals surface area contributed by atoms with Crippen LogP contribution in [0.4, 0.5) is 10.5 Å². The number of anilines is 1. The van der Waals surface area contributed by atoms with Gasteiger partial charge in [0.25, 0.3) is 0 Å². The fraction of sp³-hybridized carbons (Fsp3) is 0.545. The van der Waals surface area contributed by atoms with E-state index in [0.29, 0.717) is 59.0 Å². The van der Waals surface area contributed by atoms with Gasteiger partial charge in [0.15, 0.2) is 0 Å². The number of piperidine rings is 1. The maximum Gasteiger partial charge on any atom is 0.410 e. The minimum atomic E-state index is -1.32. The van der Waals surface area contributed by atoms with Gasteiger partial charge in [-0.05, 0) is 75.4 Å². The molecule has 3 aromatic carbocycles. The molecular weight excluding hydrogens is 713 g/mol. The van der Waals surface area contributed by atoms with Gasteiger partial charge in [0.1, 0.15) is 23.2 Å². The largest absolute Gasteiger partial charge is 0.496 e. The number of nitrogens with one attached hydrogen (secondary N) is 1. The van der Waals surface area contributed by atoms with Crippen LogP contribution in [0, 0.1) is 0 Å². The first kappa shape index (κ1) is 42.2. The highest BCUT2D eigenvalue weighted by Crippen LogP contribution is 2.38. The van der Waals surface area contributed by atoms with Crippen molar-refractivity contribution >= 4 is 25.8 Å². The van der Waals surface area contributed by atoms with E-state index in [1.54, 1.807) is 12.0 Å². The number of nitrogens with zero attached hydrogens (tertiary/aromatic N) is 1. The molecule has 0 spiro atoms. The first-order valence-electron chi connectivity index (χ1n) is 19.8. The van der Waals surface area contributed by atoms with E-state index in [4.69, 9.17) is 28.4 Å².